The topological polar surface area (TPSA) is 67.2 Å². The number of benzene rings is 3. The number of amides is 1. The highest BCUT2D eigenvalue weighted by molar-refractivity contribution is 7.80. The highest BCUT2D eigenvalue weighted by Gasteiger charge is 2.13. The molecule has 3 aromatic carbocycles. The SMILES string of the molecule is Cc1ccc2nc(-c3cccc(NC(=S)NC(=O)c4ccc(F)cc4Cl)c3)oc2c1. The Morgan fingerprint density at radius 3 is 2.77 bits per heavy atom. The van der Waals surface area contributed by atoms with E-state index in [0.717, 1.165) is 28.8 Å². The zero-order chi connectivity index (χ0) is 21.3. The number of aromatic nitrogens is 1. The third-order valence-electron chi connectivity index (χ3n) is 4.31. The molecule has 2 N–H and O–H groups in total. The molecule has 0 radical (unpaired) electrons. The van der Waals surface area contributed by atoms with Crippen molar-refractivity contribution in [2.24, 2.45) is 0 Å². The zero-order valence-corrected chi connectivity index (χ0v) is 17.3. The number of hydrogen-bond acceptors (Lipinski definition) is 4. The summed E-state index contributed by atoms with van der Waals surface area (Å²) in [6.07, 6.45) is 0. The summed E-state index contributed by atoms with van der Waals surface area (Å²) >= 11 is 11.1. The van der Waals surface area contributed by atoms with Crippen LogP contribution >= 0.6 is 23.8 Å². The second-order valence-electron chi connectivity index (χ2n) is 6.60. The highest BCUT2D eigenvalue weighted by Crippen LogP contribution is 2.26. The monoisotopic (exact) mass is 439 g/mol. The summed E-state index contributed by atoms with van der Waals surface area (Å²) in [5.41, 5.74) is 4.09. The van der Waals surface area contributed by atoms with Crippen LogP contribution in [0.15, 0.2) is 65.1 Å². The number of nitrogens with one attached hydrogen (secondary N) is 2. The van der Waals surface area contributed by atoms with Gasteiger partial charge in [0.05, 0.1) is 10.6 Å². The Morgan fingerprint density at radius 1 is 1.13 bits per heavy atom. The van der Waals surface area contributed by atoms with Gasteiger partial charge >= 0.3 is 0 Å². The first kappa shape index (κ1) is 20.0. The van der Waals surface area contributed by atoms with Gasteiger partial charge in [0.25, 0.3) is 5.91 Å². The van der Waals surface area contributed by atoms with Crippen molar-refractivity contribution < 1.29 is 13.6 Å². The Labute approximate surface area is 181 Å². The third-order valence-corrected chi connectivity index (χ3v) is 4.83. The average molecular weight is 440 g/mol. The van der Waals surface area contributed by atoms with Crippen molar-refractivity contribution >= 4 is 51.6 Å². The summed E-state index contributed by atoms with van der Waals surface area (Å²) in [5.74, 6) is -0.585. The van der Waals surface area contributed by atoms with E-state index in [1.807, 2.05) is 37.3 Å². The predicted molar refractivity (Wildman–Crippen MR) is 119 cm³/mol. The number of nitrogens with zero attached hydrogens (tertiary/aromatic N) is 1. The highest BCUT2D eigenvalue weighted by atomic mass is 35.5. The summed E-state index contributed by atoms with van der Waals surface area (Å²) in [5, 5.41) is 5.54. The Hall–Kier alpha value is -3.29. The molecule has 0 saturated heterocycles. The lowest BCUT2D eigenvalue weighted by molar-refractivity contribution is 0.0978. The van der Waals surface area contributed by atoms with Crippen molar-refractivity contribution in [2.75, 3.05) is 5.32 Å². The third kappa shape index (κ3) is 4.32. The molecule has 30 heavy (non-hydrogen) atoms. The molecule has 1 amide bonds. The van der Waals surface area contributed by atoms with Gasteiger partial charge in [0, 0.05) is 11.3 Å². The summed E-state index contributed by atoms with van der Waals surface area (Å²) < 4.78 is 19.0. The first-order valence-electron chi connectivity index (χ1n) is 8.94. The maximum Gasteiger partial charge on any atom is 0.258 e. The van der Waals surface area contributed by atoms with Crippen LogP contribution in [-0.2, 0) is 0 Å². The van der Waals surface area contributed by atoms with Gasteiger partial charge in [0.1, 0.15) is 11.3 Å². The van der Waals surface area contributed by atoms with Crippen LogP contribution < -0.4 is 10.6 Å². The Bertz CT molecular complexity index is 1290. The molecule has 0 fully saturated rings. The fourth-order valence-corrected chi connectivity index (χ4v) is 3.36. The quantitative estimate of drug-likeness (QED) is 0.399. The van der Waals surface area contributed by atoms with Crippen molar-refractivity contribution in [3.8, 4) is 11.5 Å². The fourth-order valence-electron chi connectivity index (χ4n) is 2.89. The van der Waals surface area contributed by atoms with Gasteiger partial charge in [-0.1, -0.05) is 23.7 Å². The molecule has 150 valence electrons. The molecular formula is C22H15ClFN3O2S. The Morgan fingerprint density at radius 2 is 1.97 bits per heavy atom. The number of hydrogen-bond donors (Lipinski definition) is 2. The van der Waals surface area contributed by atoms with Gasteiger partial charge in [0.15, 0.2) is 10.7 Å². The molecule has 0 bridgehead atoms. The minimum Gasteiger partial charge on any atom is -0.436 e. The summed E-state index contributed by atoms with van der Waals surface area (Å²) in [7, 11) is 0. The van der Waals surface area contributed by atoms with E-state index in [1.54, 1.807) is 12.1 Å². The summed E-state index contributed by atoms with van der Waals surface area (Å²) in [6, 6.07) is 16.6. The van der Waals surface area contributed by atoms with Crippen molar-refractivity contribution in [2.45, 2.75) is 6.92 Å². The van der Waals surface area contributed by atoms with E-state index in [2.05, 4.69) is 15.6 Å². The number of anilines is 1. The van der Waals surface area contributed by atoms with Gasteiger partial charge in [-0.2, -0.15) is 0 Å². The van der Waals surface area contributed by atoms with Crippen LogP contribution in [0.4, 0.5) is 10.1 Å². The zero-order valence-electron chi connectivity index (χ0n) is 15.7. The first-order valence-corrected chi connectivity index (χ1v) is 9.73. The minimum absolute atomic E-state index is 0.00324. The molecule has 0 saturated carbocycles. The molecule has 8 heteroatoms. The van der Waals surface area contributed by atoms with Crippen LogP contribution in [0, 0.1) is 12.7 Å². The average Bonchev–Trinajstić information content (AvgIpc) is 3.11. The molecule has 5 nitrogen and oxygen atoms in total. The molecule has 0 aliphatic heterocycles. The maximum absolute atomic E-state index is 13.2. The number of carbonyl (C=O) groups excluding carboxylic acids is 1. The van der Waals surface area contributed by atoms with Crippen molar-refractivity contribution in [1.82, 2.24) is 10.3 Å². The van der Waals surface area contributed by atoms with Crippen molar-refractivity contribution in [3.05, 3.63) is 82.6 Å². The molecule has 0 spiro atoms. The molecule has 1 aromatic heterocycles. The fraction of sp³-hybridized carbons (Fsp3) is 0.0455. The maximum atomic E-state index is 13.2. The van der Waals surface area contributed by atoms with Gasteiger partial charge in [-0.05, 0) is 73.2 Å². The van der Waals surface area contributed by atoms with Crippen LogP contribution in [0.3, 0.4) is 0 Å². The molecule has 0 aliphatic carbocycles. The van der Waals surface area contributed by atoms with Crippen molar-refractivity contribution in [3.63, 3.8) is 0 Å². The normalized spacial score (nSPS) is 10.8. The smallest absolute Gasteiger partial charge is 0.258 e. The lowest BCUT2D eigenvalue weighted by atomic mass is 10.2. The lowest BCUT2D eigenvalue weighted by Gasteiger charge is -2.11. The second-order valence-corrected chi connectivity index (χ2v) is 7.42. The predicted octanol–water partition coefficient (Wildman–Crippen LogP) is 5.72. The summed E-state index contributed by atoms with van der Waals surface area (Å²) in [6.45, 7) is 1.99. The van der Waals surface area contributed by atoms with E-state index in [0.29, 0.717) is 17.2 Å². The molecule has 0 aliphatic rings. The first-order chi connectivity index (χ1) is 14.4. The van der Waals surface area contributed by atoms with Gasteiger partial charge in [0.2, 0.25) is 5.89 Å². The summed E-state index contributed by atoms with van der Waals surface area (Å²) in [4.78, 5) is 16.8. The standard InChI is InChI=1S/C22H15ClFN3O2S/c1-12-5-8-18-19(9-12)29-21(26-18)13-3-2-4-15(10-13)25-22(30)27-20(28)16-7-6-14(24)11-17(16)23/h2-11H,1H3,(H2,25,27,28,30). The Kier molecular flexibility index (Phi) is 5.48. The number of aryl methyl sites for hydroxylation is 1. The number of oxazole rings is 1. The molecule has 4 aromatic rings. The van der Waals surface area contributed by atoms with E-state index in [9.17, 15) is 9.18 Å². The van der Waals surface area contributed by atoms with E-state index in [1.165, 1.54) is 6.07 Å². The van der Waals surface area contributed by atoms with Crippen LogP contribution in [0.2, 0.25) is 5.02 Å². The van der Waals surface area contributed by atoms with Gasteiger partial charge in [-0.15, -0.1) is 0 Å². The largest absolute Gasteiger partial charge is 0.436 e. The Balaban J connectivity index is 1.49. The van der Waals surface area contributed by atoms with Crippen LogP contribution in [0.1, 0.15) is 15.9 Å². The lowest BCUT2D eigenvalue weighted by Crippen LogP contribution is -2.34. The number of rotatable bonds is 3. The van der Waals surface area contributed by atoms with Crippen LogP contribution in [-0.4, -0.2) is 16.0 Å². The van der Waals surface area contributed by atoms with Crippen LogP contribution in [0.5, 0.6) is 0 Å². The van der Waals surface area contributed by atoms with E-state index in [-0.39, 0.29) is 15.7 Å². The molecule has 4 rings (SSSR count). The molecule has 0 atom stereocenters. The second kappa shape index (κ2) is 8.22. The molecular weight excluding hydrogens is 425 g/mol. The van der Waals surface area contributed by atoms with E-state index >= 15 is 0 Å². The number of halogens is 2. The van der Waals surface area contributed by atoms with Gasteiger partial charge < -0.3 is 9.73 Å². The number of thiocarbonyl (C=S) groups is 1. The van der Waals surface area contributed by atoms with Gasteiger partial charge in [-0.25, -0.2) is 9.37 Å². The van der Waals surface area contributed by atoms with Crippen molar-refractivity contribution in [1.29, 1.82) is 0 Å². The molecule has 1 heterocycles. The van der Waals surface area contributed by atoms with E-state index < -0.39 is 11.7 Å². The molecule has 0 unspecified atom stereocenters. The van der Waals surface area contributed by atoms with E-state index in [4.69, 9.17) is 28.2 Å². The van der Waals surface area contributed by atoms with Gasteiger partial charge in [-0.3, -0.25) is 10.1 Å². The minimum atomic E-state index is -0.539. The van der Waals surface area contributed by atoms with Crippen LogP contribution in [0.25, 0.3) is 22.6 Å². The number of fused-ring (bicyclic) bond motifs is 1. The number of carbonyl (C=O) groups is 1.